The van der Waals surface area contributed by atoms with Gasteiger partial charge < -0.3 is 14.7 Å². The van der Waals surface area contributed by atoms with E-state index in [0.717, 1.165) is 11.9 Å². The maximum absolute atomic E-state index is 13.6. The summed E-state index contributed by atoms with van der Waals surface area (Å²) in [5.74, 6) is 0.840. The van der Waals surface area contributed by atoms with E-state index in [2.05, 4.69) is 30.1 Å². The van der Waals surface area contributed by atoms with Gasteiger partial charge >= 0.3 is 0 Å². The van der Waals surface area contributed by atoms with Crippen molar-refractivity contribution < 1.29 is 17.2 Å². The van der Waals surface area contributed by atoms with Crippen molar-refractivity contribution in [1.82, 2.24) is 19.5 Å². The number of rotatable bonds is 7. The lowest BCUT2D eigenvalue weighted by Gasteiger charge is -2.15. The summed E-state index contributed by atoms with van der Waals surface area (Å²) in [4.78, 5) is 20.7. The second-order valence-corrected chi connectivity index (χ2v) is 11.2. The van der Waals surface area contributed by atoms with Crippen LogP contribution in [0.2, 0.25) is 0 Å². The second kappa shape index (κ2) is 9.99. The number of sulfone groups is 1. The first kappa shape index (κ1) is 26.1. The number of pyridine rings is 2. The standard InChI is InChI=1S/C27H23F2N7O2S/c1-15-14-31-27(36(15)3)16-8-9-19(23(10-16)39(4,37)38)34-20-12-18(11-17-6-5-7-24(30-2)33-17)32-21-13-22(26(28)29)35-25(20)21/h5-10,12,14,26H,11,13H2,1,3-4H3,(H,32,34). The van der Waals surface area contributed by atoms with Crippen LogP contribution in [-0.4, -0.2) is 46.3 Å². The number of hydrogen-bond acceptors (Lipinski definition) is 7. The van der Waals surface area contributed by atoms with E-state index in [-0.39, 0.29) is 40.6 Å². The van der Waals surface area contributed by atoms with Crippen molar-refractivity contribution in [1.29, 1.82) is 0 Å². The highest BCUT2D eigenvalue weighted by atomic mass is 32.2. The summed E-state index contributed by atoms with van der Waals surface area (Å²) in [6.07, 6.45) is 0.171. The van der Waals surface area contributed by atoms with Crippen molar-refractivity contribution in [3.63, 3.8) is 0 Å². The topological polar surface area (TPSA) is 106 Å². The Labute approximate surface area is 224 Å². The van der Waals surface area contributed by atoms with Crippen LogP contribution in [0, 0.1) is 13.5 Å². The molecule has 4 heterocycles. The molecule has 5 rings (SSSR count). The molecule has 39 heavy (non-hydrogen) atoms. The summed E-state index contributed by atoms with van der Waals surface area (Å²) in [5, 5.41) is 3.12. The second-order valence-electron chi connectivity index (χ2n) is 9.20. The minimum atomic E-state index is -3.70. The molecule has 0 radical (unpaired) electrons. The minimum Gasteiger partial charge on any atom is -0.361 e. The van der Waals surface area contributed by atoms with Gasteiger partial charge in [0.2, 0.25) is 0 Å². The smallest absolute Gasteiger partial charge is 0.277 e. The molecule has 1 aromatic carbocycles. The van der Waals surface area contributed by atoms with Crippen molar-refractivity contribution in [2.24, 2.45) is 12.0 Å². The fourth-order valence-electron chi connectivity index (χ4n) is 4.36. The highest BCUT2D eigenvalue weighted by molar-refractivity contribution is 7.90. The number of benzene rings is 1. The lowest BCUT2D eigenvalue weighted by molar-refractivity contribution is 0.224. The zero-order valence-corrected chi connectivity index (χ0v) is 22.1. The number of imidazole rings is 1. The van der Waals surface area contributed by atoms with Crippen LogP contribution in [0.25, 0.3) is 16.2 Å². The number of nitrogens with zero attached hydrogens (tertiary/aromatic N) is 6. The first-order chi connectivity index (χ1) is 18.5. The van der Waals surface area contributed by atoms with Gasteiger partial charge in [-0.1, -0.05) is 12.6 Å². The Bertz CT molecular complexity index is 1790. The monoisotopic (exact) mass is 547 g/mol. The number of aliphatic imine (C=N–C) groups is 1. The van der Waals surface area contributed by atoms with Gasteiger partial charge in [-0.3, -0.25) is 4.98 Å². The van der Waals surface area contributed by atoms with Crippen LogP contribution in [0.4, 0.5) is 31.7 Å². The van der Waals surface area contributed by atoms with Gasteiger partial charge in [-0.2, -0.15) is 0 Å². The average molecular weight is 548 g/mol. The van der Waals surface area contributed by atoms with Gasteiger partial charge in [0.05, 0.1) is 39.8 Å². The number of aryl methyl sites for hydroxylation is 1. The zero-order chi connectivity index (χ0) is 27.9. The number of nitrogens with one attached hydrogen (secondary N) is 1. The Morgan fingerprint density at radius 1 is 1.13 bits per heavy atom. The number of fused-ring (bicyclic) bond motifs is 1. The largest absolute Gasteiger partial charge is 0.361 e. The summed E-state index contributed by atoms with van der Waals surface area (Å²) in [6, 6.07) is 11.6. The molecule has 0 saturated heterocycles. The Kier molecular flexibility index (Phi) is 6.69. The predicted molar refractivity (Wildman–Crippen MR) is 144 cm³/mol. The van der Waals surface area contributed by atoms with E-state index in [1.54, 1.807) is 42.6 Å². The summed E-state index contributed by atoms with van der Waals surface area (Å²) in [7, 11) is -1.86. The van der Waals surface area contributed by atoms with Gasteiger partial charge in [0.15, 0.2) is 9.84 Å². The Hall–Kier alpha value is -4.50. The quantitative estimate of drug-likeness (QED) is 0.312. The normalized spacial score (nSPS) is 12.8. The SMILES string of the molecule is [C-]#[N+]c1cccc(Cc2cc(Nc3ccc(-c4ncc(C)n4C)cc3S(C)(=O)=O)c3c(n2)CC(C(F)F)=N3)n1. The van der Waals surface area contributed by atoms with E-state index in [1.165, 1.54) is 6.07 Å². The summed E-state index contributed by atoms with van der Waals surface area (Å²) < 4.78 is 54.6. The average Bonchev–Trinajstić information content (AvgIpc) is 3.47. The summed E-state index contributed by atoms with van der Waals surface area (Å²) in [5.41, 5.74) is 3.51. The number of anilines is 2. The van der Waals surface area contributed by atoms with E-state index >= 15 is 0 Å². The third-order valence-electron chi connectivity index (χ3n) is 6.37. The van der Waals surface area contributed by atoms with Crippen molar-refractivity contribution >= 4 is 38.4 Å². The molecule has 0 fully saturated rings. The molecule has 0 bridgehead atoms. The van der Waals surface area contributed by atoms with E-state index in [9.17, 15) is 17.2 Å². The Morgan fingerprint density at radius 3 is 2.59 bits per heavy atom. The number of hydrogen-bond donors (Lipinski definition) is 1. The lowest BCUT2D eigenvalue weighted by atomic mass is 10.1. The molecule has 0 atom stereocenters. The number of alkyl halides is 2. The van der Waals surface area contributed by atoms with E-state index in [4.69, 9.17) is 6.57 Å². The molecule has 0 amide bonds. The van der Waals surface area contributed by atoms with Gasteiger partial charge in [0.25, 0.3) is 12.2 Å². The Balaban J connectivity index is 1.59. The molecule has 9 nitrogen and oxygen atoms in total. The maximum Gasteiger partial charge on any atom is 0.277 e. The highest BCUT2D eigenvalue weighted by Crippen LogP contribution is 2.39. The molecule has 0 aliphatic carbocycles. The zero-order valence-electron chi connectivity index (χ0n) is 21.3. The van der Waals surface area contributed by atoms with E-state index in [1.807, 2.05) is 18.5 Å². The molecule has 12 heteroatoms. The maximum atomic E-state index is 13.6. The van der Waals surface area contributed by atoms with Crippen LogP contribution < -0.4 is 5.32 Å². The van der Waals surface area contributed by atoms with Crippen LogP contribution in [-0.2, 0) is 29.7 Å². The Morgan fingerprint density at radius 2 is 1.92 bits per heavy atom. The number of aromatic nitrogens is 4. The molecule has 0 unspecified atom stereocenters. The van der Waals surface area contributed by atoms with Crippen molar-refractivity contribution in [3.8, 4) is 11.4 Å². The molecular weight excluding hydrogens is 524 g/mol. The van der Waals surface area contributed by atoms with Crippen LogP contribution in [0.5, 0.6) is 0 Å². The molecule has 1 aliphatic rings. The highest BCUT2D eigenvalue weighted by Gasteiger charge is 2.27. The first-order valence-electron chi connectivity index (χ1n) is 11.8. The molecule has 1 aliphatic heterocycles. The van der Waals surface area contributed by atoms with Crippen LogP contribution in [0.3, 0.4) is 0 Å². The molecule has 1 N–H and O–H groups in total. The van der Waals surface area contributed by atoms with Gasteiger partial charge in [0.1, 0.15) is 17.2 Å². The molecule has 0 spiro atoms. The molecule has 3 aromatic heterocycles. The molecule has 198 valence electrons. The van der Waals surface area contributed by atoms with Crippen molar-refractivity contribution in [2.45, 2.75) is 31.1 Å². The van der Waals surface area contributed by atoms with Gasteiger partial charge in [0, 0.05) is 37.2 Å². The van der Waals surface area contributed by atoms with E-state index < -0.39 is 16.3 Å². The van der Waals surface area contributed by atoms with Crippen molar-refractivity contribution in [3.05, 3.63) is 82.9 Å². The molecule has 0 saturated carbocycles. The minimum absolute atomic E-state index is 0.0234. The fourth-order valence-corrected chi connectivity index (χ4v) is 5.22. The van der Waals surface area contributed by atoms with E-state index in [0.29, 0.717) is 34.2 Å². The lowest BCUT2D eigenvalue weighted by Crippen LogP contribution is -2.10. The molecule has 4 aromatic rings. The summed E-state index contributed by atoms with van der Waals surface area (Å²) >= 11 is 0. The van der Waals surface area contributed by atoms with Crippen molar-refractivity contribution in [2.75, 3.05) is 11.6 Å². The van der Waals surface area contributed by atoms with Crippen LogP contribution in [0.1, 0.15) is 22.8 Å². The molecular formula is C27H23F2N7O2S. The van der Waals surface area contributed by atoms with Crippen LogP contribution >= 0.6 is 0 Å². The fraction of sp³-hybridized carbons (Fsp3) is 0.222. The van der Waals surface area contributed by atoms with Crippen LogP contribution in [0.15, 0.2) is 58.5 Å². The summed E-state index contributed by atoms with van der Waals surface area (Å²) in [6.45, 7) is 9.09. The van der Waals surface area contributed by atoms with Gasteiger partial charge in [-0.15, -0.1) is 4.98 Å². The third-order valence-corrected chi connectivity index (χ3v) is 7.51. The van der Waals surface area contributed by atoms with Gasteiger partial charge in [-0.05, 0) is 43.3 Å². The third kappa shape index (κ3) is 5.26. The predicted octanol–water partition coefficient (Wildman–Crippen LogP) is 5.37. The first-order valence-corrected chi connectivity index (χ1v) is 13.7. The van der Waals surface area contributed by atoms with Gasteiger partial charge in [-0.25, -0.2) is 27.2 Å². The number of halogens is 2.